The lowest BCUT2D eigenvalue weighted by Crippen LogP contribution is -2.34. The van der Waals surface area contributed by atoms with E-state index in [1.807, 2.05) is 33.8 Å². The third-order valence-electron chi connectivity index (χ3n) is 1.94. The van der Waals surface area contributed by atoms with Gasteiger partial charge in [-0.2, -0.15) is 9.78 Å². The molecular weight excluding hydrogens is 230 g/mol. The van der Waals surface area contributed by atoms with Crippen molar-refractivity contribution in [1.82, 2.24) is 14.1 Å². The molecular formula is C9H15N3OS2. The average molecular weight is 245 g/mol. The van der Waals surface area contributed by atoms with Gasteiger partial charge in [0.15, 0.2) is 0 Å². The first-order chi connectivity index (χ1) is 6.97. The minimum absolute atomic E-state index is 0.0870. The zero-order valence-corrected chi connectivity index (χ0v) is 11.0. The van der Waals surface area contributed by atoms with Gasteiger partial charge < -0.3 is 0 Å². The molecule has 0 bridgehead atoms. The number of carbonyl (C=O) groups excluding carboxylic acids is 1. The van der Waals surface area contributed by atoms with E-state index >= 15 is 0 Å². The number of hydrogen-bond acceptors (Lipinski definition) is 4. The third kappa shape index (κ3) is 2.69. The first-order valence-corrected chi connectivity index (χ1v) is 6.48. The highest BCUT2D eigenvalue weighted by Crippen LogP contribution is 2.19. The molecule has 1 amide bonds. The zero-order chi connectivity index (χ0) is 11.6. The second kappa shape index (κ2) is 4.94. The molecule has 0 unspecified atom stereocenters. The van der Waals surface area contributed by atoms with Crippen LogP contribution in [0.3, 0.4) is 0 Å². The maximum Gasteiger partial charge on any atom is 0.355 e. The van der Waals surface area contributed by atoms with Crippen molar-refractivity contribution in [3.8, 4) is 0 Å². The van der Waals surface area contributed by atoms with Gasteiger partial charge in [-0.25, -0.2) is 4.79 Å². The fraction of sp³-hybridized carbons (Fsp3) is 0.556. The van der Waals surface area contributed by atoms with Crippen molar-refractivity contribution >= 4 is 28.7 Å². The molecule has 1 rings (SSSR count). The van der Waals surface area contributed by atoms with Gasteiger partial charge in [0.2, 0.25) is 0 Å². The van der Waals surface area contributed by atoms with Gasteiger partial charge in [-0.15, -0.1) is 0 Å². The predicted molar refractivity (Wildman–Crippen MR) is 66.0 cm³/mol. The van der Waals surface area contributed by atoms with Crippen LogP contribution in [-0.2, 0) is 0 Å². The number of hydrogen-bond donors (Lipinski definition) is 1. The summed E-state index contributed by atoms with van der Waals surface area (Å²) in [4.78, 5) is 12.0. The van der Waals surface area contributed by atoms with E-state index in [0.29, 0.717) is 0 Å². The Labute approximate surface area is 99.0 Å². The van der Waals surface area contributed by atoms with Crippen LogP contribution >= 0.6 is 22.6 Å². The molecule has 0 aliphatic rings. The molecule has 6 heteroatoms. The van der Waals surface area contributed by atoms with Crippen LogP contribution in [0.5, 0.6) is 0 Å². The summed E-state index contributed by atoms with van der Waals surface area (Å²) >= 11 is 4.07. The lowest BCUT2D eigenvalue weighted by Gasteiger charge is -2.22. The summed E-state index contributed by atoms with van der Waals surface area (Å²) in [6, 6.07) is 1.80. The normalized spacial score (nSPS) is 10.8. The predicted octanol–water partition coefficient (Wildman–Crippen LogP) is 2.67. The van der Waals surface area contributed by atoms with Crippen molar-refractivity contribution in [2.45, 2.75) is 33.7 Å². The summed E-state index contributed by atoms with van der Waals surface area (Å²) in [7, 11) is 1.12. The summed E-state index contributed by atoms with van der Waals surface area (Å²) in [5.74, 6) is 0. The summed E-state index contributed by atoms with van der Waals surface area (Å²) < 4.78 is 2.97. The molecule has 0 aliphatic heterocycles. The van der Waals surface area contributed by atoms with Crippen LogP contribution < -0.4 is 0 Å². The molecule has 0 N–H and O–H groups in total. The van der Waals surface area contributed by atoms with Crippen LogP contribution in [0.4, 0.5) is 4.79 Å². The topological polar surface area (TPSA) is 38.1 Å². The van der Waals surface area contributed by atoms with E-state index in [4.69, 9.17) is 0 Å². The Morgan fingerprint density at radius 3 is 2.53 bits per heavy atom. The zero-order valence-electron chi connectivity index (χ0n) is 9.26. The van der Waals surface area contributed by atoms with Crippen molar-refractivity contribution in [2.75, 3.05) is 0 Å². The van der Waals surface area contributed by atoms with Crippen LogP contribution in [0, 0.1) is 13.8 Å². The fourth-order valence-corrected chi connectivity index (χ4v) is 2.38. The van der Waals surface area contributed by atoms with E-state index in [-0.39, 0.29) is 12.1 Å². The van der Waals surface area contributed by atoms with Crippen molar-refractivity contribution in [1.29, 1.82) is 0 Å². The summed E-state index contributed by atoms with van der Waals surface area (Å²) in [5.41, 5.74) is 1.68. The Hall–Kier alpha value is -0.620. The minimum Gasteiger partial charge on any atom is -0.255 e. The molecule has 0 aliphatic carbocycles. The lowest BCUT2D eigenvalue weighted by atomic mass is 10.4. The molecule has 0 aromatic carbocycles. The Kier molecular flexibility index (Phi) is 4.10. The first-order valence-electron chi connectivity index (χ1n) is 4.65. The number of aryl methyl sites for hydroxylation is 2. The monoisotopic (exact) mass is 245 g/mol. The van der Waals surface area contributed by atoms with Gasteiger partial charge in [0.05, 0.1) is 5.69 Å². The standard InChI is InChI=1S/C9H15N3OS2/c1-6(2)12(15-14)9(13)11-8(4)5-7(3)10-11/h5-6,14H,1-4H3. The van der Waals surface area contributed by atoms with Crippen LogP contribution in [0.2, 0.25) is 0 Å². The smallest absolute Gasteiger partial charge is 0.255 e. The number of thiol groups is 1. The van der Waals surface area contributed by atoms with Gasteiger partial charge in [-0.05, 0) is 33.8 Å². The van der Waals surface area contributed by atoms with Gasteiger partial charge in [0, 0.05) is 22.7 Å². The van der Waals surface area contributed by atoms with Gasteiger partial charge in [-0.3, -0.25) is 4.31 Å². The summed E-state index contributed by atoms with van der Waals surface area (Å²) in [6.45, 7) is 7.60. The summed E-state index contributed by atoms with van der Waals surface area (Å²) in [5, 5.41) is 4.14. The van der Waals surface area contributed by atoms with Gasteiger partial charge in [-0.1, -0.05) is 11.7 Å². The largest absolute Gasteiger partial charge is 0.355 e. The van der Waals surface area contributed by atoms with E-state index in [9.17, 15) is 4.79 Å². The molecule has 0 saturated heterocycles. The van der Waals surface area contributed by atoms with E-state index in [2.05, 4.69) is 16.8 Å². The Morgan fingerprint density at radius 2 is 2.20 bits per heavy atom. The Morgan fingerprint density at radius 1 is 1.60 bits per heavy atom. The number of amides is 1. The SMILES string of the molecule is Cc1cc(C)n(C(=O)N(SS)C(C)C)n1. The van der Waals surface area contributed by atoms with E-state index in [1.165, 1.54) is 4.68 Å². The van der Waals surface area contributed by atoms with Gasteiger partial charge in [0.1, 0.15) is 0 Å². The van der Waals surface area contributed by atoms with Gasteiger partial charge in [0.25, 0.3) is 0 Å². The van der Waals surface area contributed by atoms with Crippen LogP contribution in [0.1, 0.15) is 25.2 Å². The highest BCUT2D eigenvalue weighted by Gasteiger charge is 2.20. The molecule has 84 valence electrons. The van der Waals surface area contributed by atoms with E-state index in [1.54, 1.807) is 4.31 Å². The Bertz CT molecular complexity index is 362. The maximum absolute atomic E-state index is 12.0. The van der Waals surface area contributed by atoms with Crippen molar-refractivity contribution in [2.24, 2.45) is 0 Å². The first kappa shape index (κ1) is 12.4. The molecule has 4 nitrogen and oxygen atoms in total. The average Bonchev–Trinajstić information content (AvgIpc) is 2.45. The second-order valence-electron chi connectivity index (χ2n) is 3.62. The van der Waals surface area contributed by atoms with E-state index < -0.39 is 0 Å². The highest BCUT2D eigenvalue weighted by atomic mass is 33.1. The quantitative estimate of drug-likeness (QED) is 0.494. The number of carbonyl (C=O) groups is 1. The molecule has 1 aromatic rings. The van der Waals surface area contributed by atoms with Crippen LogP contribution in [0.25, 0.3) is 0 Å². The van der Waals surface area contributed by atoms with Crippen LogP contribution in [0.15, 0.2) is 6.07 Å². The maximum atomic E-state index is 12.0. The number of nitrogens with zero attached hydrogens (tertiary/aromatic N) is 3. The van der Waals surface area contributed by atoms with Crippen molar-refractivity contribution in [3.05, 3.63) is 17.5 Å². The van der Waals surface area contributed by atoms with Crippen molar-refractivity contribution in [3.63, 3.8) is 0 Å². The highest BCUT2D eigenvalue weighted by molar-refractivity contribution is 8.67. The molecule has 0 spiro atoms. The minimum atomic E-state index is -0.157. The second-order valence-corrected chi connectivity index (χ2v) is 4.67. The Balaban J connectivity index is 2.97. The number of aromatic nitrogens is 2. The van der Waals surface area contributed by atoms with Crippen molar-refractivity contribution < 1.29 is 4.79 Å². The molecule has 15 heavy (non-hydrogen) atoms. The fourth-order valence-electron chi connectivity index (χ4n) is 1.27. The molecule has 0 fully saturated rings. The molecule has 0 saturated carbocycles. The molecule has 0 radical (unpaired) electrons. The summed E-state index contributed by atoms with van der Waals surface area (Å²) in [6.07, 6.45) is 0. The number of rotatable bonds is 2. The molecule has 1 heterocycles. The lowest BCUT2D eigenvalue weighted by molar-refractivity contribution is 0.218. The van der Waals surface area contributed by atoms with Gasteiger partial charge >= 0.3 is 6.03 Å². The molecule has 0 atom stereocenters. The van der Waals surface area contributed by atoms with E-state index in [0.717, 1.165) is 22.4 Å². The molecule has 1 aromatic heterocycles. The third-order valence-corrected chi connectivity index (χ3v) is 3.22. The van der Waals surface area contributed by atoms with Crippen LogP contribution in [-0.4, -0.2) is 26.2 Å².